The first-order valence-electron chi connectivity index (χ1n) is 9.90. The molecule has 0 unspecified atom stereocenters. The number of fused-ring (bicyclic) bond motifs is 3. The van der Waals surface area contributed by atoms with Crippen LogP contribution in [0.1, 0.15) is 42.3 Å². The van der Waals surface area contributed by atoms with E-state index in [9.17, 15) is 18.8 Å². The van der Waals surface area contributed by atoms with Crippen LogP contribution in [0.2, 0.25) is 0 Å². The summed E-state index contributed by atoms with van der Waals surface area (Å²) in [6, 6.07) is 8.65. The molecule has 0 spiro atoms. The third-order valence-electron chi connectivity index (χ3n) is 4.90. The van der Waals surface area contributed by atoms with Crippen LogP contribution in [-0.4, -0.2) is 41.5 Å². The molecule has 1 aliphatic rings. The molecule has 1 atom stereocenters. The van der Waals surface area contributed by atoms with Crippen LogP contribution in [0.5, 0.6) is 0 Å². The Morgan fingerprint density at radius 3 is 2.48 bits per heavy atom. The minimum absolute atomic E-state index is 0.0924. The molecular weight excluding hydrogens is 401 g/mol. The fourth-order valence-corrected chi connectivity index (χ4v) is 3.53. The van der Waals surface area contributed by atoms with E-state index < -0.39 is 23.6 Å². The highest BCUT2D eigenvalue weighted by molar-refractivity contribution is 6.02. The van der Waals surface area contributed by atoms with E-state index in [1.807, 2.05) is 0 Å². The fraction of sp³-hybridized carbons (Fsp3) is 0.348. The summed E-state index contributed by atoms with van der Waals surface area (Å²) in [5, 5.41) is 2.48. The largest absolute Gasteiger partial charge is 0.444 e. The number of hydrogen-bond donors (Lipinski definition) is 2. The van der Waals surface area contributed by atoms with Gasteiger partial charge in [0.2, 0.25) is 5.91 Å². The first-order chi connectivity index (χ1) is 14.4. The van der Waals surface area contributed by atoms with Gasteiger partial charge in [0.15, 0.2) is 0 Å². The zero-order valence-corrected chi connectivity index (χ0v) is 18.0. The van der Waals surface area contributed by atoms with E-state index in [4.69, 9.17) is 10.5 Å². The van der Waals surface area contributed by atoms with Crippen LogP contribution in [0, 0.1) is 5.82 Å². The predicted molar refractivity (Wildman–Crippen MR) is 114 cm³/mol. The number of nitrogens with one attached hydrogen (secondary N) is 1. The molecule has 31 heavy (non-hydrogen) atoms. The Hall–Kier alpha value is -3.42. The first kappa shape index (κ1) is 22.3. The normalized spacial score (nSPS) is 14.2. The SMILES string of the molecule is CN1Cc2cc(F)ccc2-c2ccc(C[C@H](NC(=O)OC(C)(C)C)C(N)=O)cc2C1=O. The van der Waals surface area contributed by atoms with Crippen molar-refractivity contribution in [1.82, 2.24) is 10.2 Å². The number of carbonyl (C=O) groups excluding carboxylic acids is 3. The van der Waals surface area contributed by atoms with Gasteiger partial charge in [0.1, 0.15) is 17.5 Å². The molecule has 164 valence electrons. The number of halogens is 1. The van der Waals surface area contributed by atoms with Gasteiger partial charge in [0.25, 0.3) is 5.91 Å². The highest BCUT2D eigenvalue weighted by atomic mass is 19.1. The molecule has 0 saturated carbocycles. The molecule has 1 aliphatic heterocycles. The minimum atomic E-state index is -1.01. The lowest BCUT2D eigenvalue weighted by atomic mass is 9.93. The number of alkyl carbamates (subject to hydrolysis) is 1. The van der Waals surface area contributed by atoms with Gasteiger partial charge in [-0.1, -0.05) is 18.2 Å². The molecule has 0 fully saturated rings. The average Bonchev–Trinajstić information content (AvgIpc) is 2.74. The maximum absolute atomic E-state index is 13.7. The third-order valence-corrected chi connectivity index (χ3v) is 4.90. The highest BCUT2D eigenvalue weighted by Crippen LogP contribution is 2.33. The van der Waals surface area contributed by atoms with Crippen LogP contribution in [0.4, 0.5) is 9.18 Å². The van der Waals surface area contributed by atoms with Gasteiger partial charge in [-0.3, -0.25) is 9.59 Å². The number of hydrogen-bond acceptors (Lipinski definition) is 4. The Kier molecular flexibility index (Phi) is 6.01. The van der Waals surface area contributed by atoms with Gasteiger partial charge < -0.3 is 20.7 Å². The molecule has 3 N–H and O–H groups in total. The van der Waals surface area contributed by atoms with E-state index in [2.05, 4.69) is 5.32 Å². The first-order valence-corrected chi connectivity index (χ1v) is 9.90. The number of nitrogens with two attached hydrogens (primary N) is 1. The number of benzene rings is 2. The Balaban J connectivity index is 1.92. The molecule has 2 aromatic carbocycles. The second kappa shape index (κ2) is 8.37. The summed E-state index contributed by atoms with van der Waals surface area (Å²) in [4.78, 5) is 38.4. The minimum Gasteiger partial charge on any atom is -0.444 e. The van der Waals surface area contributed by atoms with Gasteiger partial charge in [-0.2, -0.15) is 0 Å². The monoisotopic (exact) mass is 427 g/mol. The van der Waals surface area contributed by atoms with Crippen molar-refractivity contribution in [3.63, 3.8) is 0 Å². The molecule has 7 nitrogen and oxygen atoms in total. The standard InChI is InChI=1S/C23H26FN3O4/c1-23(2,3)31-22(30)26-19(20(25)28)10-13-5-7-17-16-8-6-15(24)11-14(16)12-27(4)21(29)18(17)9-13/h5-9,11,19H,10,12H2,1-4H3,(H2,25,28)(H,26,30)/t19-/m0/s1. The van der Waals surface area contributed by atoms with Crippen molar-refractivity contribution in [2.24, 2.45) is 5.73 Å². The number of rotatable bonds is 4. The molecule has 2 aromatic rings. The third kappa shape index (κ3) is 5.20. The molecule has 1 heterocycles. The van der Waals surface area contributed by atoms with Crippen molar-refractivity contribution < 1.29 is 23.5 Å². The van der Waals surface area contributed by atoms with E-state index in [-0.39, 0.29) is 24.7 Å². The van der Waals surface area contributed by atoms with Crippen molar-refractivity contribution in [2.75, 3.05) is 7.05 Å². The van der Waals surface area contributed by atoms with Crippen LogP contribution >= 0.6 is 0 Å². The van der Waals surface area contributed by atoms with E-state index >= 15 is 0 Å². The van der Waals surface area contributed by atoms with Crippen molar-refractivity contribution in [2.45, 2.75) is 45.4 Å². The smallest absolute Gasteiger partial charge is 0.408 e. The number of nitrogens with zero attached hydrogens (tertiary/aromatic N) is 1. The summed E-state index contributed by atoms with van der Waals surface area (Å²) in [6.45, 7) is 5.42. The van der Waals surface area contributed by atoms with Crippen molar-refractivity contribution in [3.8, 4) is 11.1 Å². The quantitative estimate of drug-likeness (QED) is 0.783. The van der Waals surface area contributed by atoms with E-state index in [1.165, 1.54) is 17.0 Å². The molecule has 3 rings (SSSR count). The van der Waals surface area contributed by atoms with Gasteiger partial charge in [-0.25, -0.2) is 9.18 Å². The number of ether oxygens (including phenoxy) is 1. The topological polar surface area (TPSA) is 102 Å². The maximum atomic E-state index is 13.7. The summed E-state index contributed by atoms with van der Waals surface area (Å²) < 4.78 is 18.9. The second-order valence-corrected chi connectivity index (χ2v) is 8.65. The molecular formula is C23H26FN3O4. The van der Waals surface area contributed by atoms with Crippen molar-refractivity contribution >= 4 is 17.9 Å². The van der Waals surface area contributed by atoms with Gasteiger partial charge in [0.05, 0.1) is 0 Å². The summed E-state index contributed by atoms with van der Waals surface area (Å²) in [6.07, 6.45) is -0.660. The second-order valence-electron chi connectivity index (χ2n) is 8.65. The van der Waals surface area contributed by atoms with Crippen LogP contribution in [0.25, 0.3) is 11.1 Å². The average molecular weight is 427 g/mol. The Bertz CT molecular complexity index is 1050. The van der Waals surface area contributed by atoms with Crippen LogP contribution in [-0.2, 0) is 22.5 Å². The zero-order chi connectivity index (χ0) is 22.9. The van der Waals surface area contributed by atoms with E-state index in [0.29, 0.717) is 22.3 Å². The molecule has 3 amide bonds. The zero-order valence-electron chi connectivity index (χ0n) is 18.0. The van der Waals surface area contributed by atoms with E-state index in [1.54, 1.807) is 52.1 Å². The van der Waals surface area contributed by atoms with E-state index in [0.717, 1.165) is 5.56 Å². The molecule has 0 radical (unpaired) electrons. The summed E-state index contributed by atoms with van der Waals surface area (Å²) >= 11 is 0. The Morgan fingerprint density at radius 2 is 1.84 bits per heavy atom. The summed E-state index contributed by atoms with van der Waals surface area (Å²) in [5.74, 6) is -1.30. The molecule has 0 aliphatic carbocycles. The number of amides is 3. The van der Waals surface area contributed by atoms with Crippen LogP contribution in [0.15, 0.2) is 36.4 Å². The summed E-state index contributed by atoms with van der Waals surface area (Å²) in [5.41, 5.74) is 8.00. The maximum Gasteiger partial charge on any atom is 0.408 e. The lowest BCUT2D eigenvalue weighted by Crippen LogP contribution is -2.47. The summed E-state index contributed by atoms with van der Waals surface area (Å²) in [7, 11) is 1.65. The highest BCUT2D eigenvalue weighted by Gasteiger charge is 2.27. The van der Waals surface area contributed by atoms with Gasteiger partial charge in [-0.05, 0) is 61.2 Å². The molecule has 0 aromatic heterocycles. The lowest BCUT2D eigenvalue weighted by Gasteiger charge is -2.22. The number of carbonyl (C=O) groups is 3. The van der Waals surface area contributed by atoms with Crippen LogP contribution < -0.4 is 11.1 Å². The lowest BCUT2D eigenvalue weighted by molar-refractivity contribution is -0.120. The Labute approximate surface area is 180 Å². The van der Waals surface area contributed by atoms with Crippen LogP contribution in [0.3, 0.4) is 0 Å². The number of primary amides is 1. The van der Waals surface area contributed by atoms with Crippen molar-refractivity contribution in [3.05, 3.63) is 58.9 Å². The Morgan fingerprint density at radius 1 is 1.16 bits per heavy atom. The predicted octanol–water partition coefficient (Wildman–Crippen LogP) is 3.00. The molecule has 0 bridgehead atoms. The van der Waals surface area contributed by atoms with Gasteiger partial charge in [0, 0.05) is 25.6 Å². The fourth-order valence-electron chi connectivity index (χ4n) is 3.53. The van der Waals surface area contributed by atoms with Gasteiger partial charge >= 0.3 is 6.09 Å². The molecule has 0 saturated heterocycles. The molecule has 8 heteroatoms. The van der Waals surface area contributed by atoms with Crippen molar-refractivity contribution in [1.29, 1.82) is 0 Å². The van der Waals surface area contributed by atoms with Gasteiger partial charge in [-0.15, -0.1) is 0 Å².